The van der Waals surface area contributed by atoms with Crippen molar-refractivity contribution in [1.29, 1.82) is 0 Å². The van der Waals surface area contributed by atoms with Crippen LogP contribution < -0.4 is 0 Å². The second-order valence-electron chi connectivity index (χ2n) is 3.07. The smallest absolute Gasteiger partial charge is 0.132 e. The second-order valence-corrected chi connectivity index (χ2v) is 4.10. The summed E-state index contributed by atoms with van der Waals surface area (Å²) in [6.07, 6.45) is 5.94. The van der Waals surface area contributed by atoms with Gasteiger partial charge in [0, 0.05) is 0 Å². The molecule has 0 saturated carbocycles. The van der Waals surface area contributed by atoms with E-state index in [1.54, 1.807) is 11.3 Å². The summed E-state index contributed by atoms with van der Waals surface area (Å²) in [4.78, 5) is 4.54. The van der Waals surface area contributed by atoms with Crippen LogP contribution in [0.25, 0.3) is 15.8 Å². The lowest BCUT2D eigenvalue weighted by atomic mass is 10.3. The number of fused-ring (bicyclic) bond motifs is 1. The highest BCUT2D eigenvalue weighted by Gasteiger charge is 2.06. The first kappa shape index (κ1) is 7.74. The van der Waals surface area contributed by atoms with Crippen molar-refractivity contribution < 1.29 is 0 Å². The first-order chi connectivity index (χ1) is 6.93. The fourth-order valence-corrected chi connectivity index (χ4v) is 2.40. The topological polar surface area (TPSA) is 12.9 Å². The van der Waals surface area contributed by atoms with Crippen LogP contribution in [0.4, 0.5) is 0 Å². The van der Waals surface area contributed by atoms with Crippen LogP contribution in [0.15, 0.2) is 48.2 Å². The molecule has 1 heterocycles. The van der Waals surface area contributed by atoms with E-state index in [2.05, 4.69) is 16.8 Å². The van der Waals surface area contributed by atoms with Crippen LogP contribution in [0.1, 0.15) is 5.01 Å². The predicted octanol–water partition coefficient (Wildman–Crippen LogP) is 3.40. The number of thiazole rings is 1. The molecule has 0 bridgehead atoms. The number of hydrogen-bond donors (Lipinski definition) is 0. The zero-order chi connectivity index (χ0) is 9.38. The van der Waals surface area contributed by atoms with E-state index >= 15 is 0 Å². The van der Waals surface area contributed by atoms with Gasteiger partial charge in [-0.3, -0.25) is 0 Å². The molecule has 1 aromatic heterocycles. The summed E-state index contributed by atoms with van der Waals surface area (Å²) in [6, 6.07) is 8.19. The monoisotopic (exact) mass is 197 g/mol. The minimum absolute atomic E-state index is 1.05. The largest absolute Gasteiger partial charge is 0.235 e. The number of allylic oxidation sites excluding steroid dienone is 3. The standard InChI is InChI=1S/C12H7NS/c1-2-6-9(5-1)12-13-10-7-3-4-8-11(10)14-12/h1-5,7-8H. The van der Waals surface area contributed by atoms with Gasteiger partial charge in [0.05, 0.1) is 15.8 Å². The van der Waals surface area contributed by atoms with Gasteiger partial charge in [-0.15, -0.1) is 17.1 Å². The van der Waals surface area contributed by atoms with E-state index in [1.165, 1.54) is 4.70 Å². The number of para-hydroxylation sites is 1. The zero-order valence-corrected chi connectivity index (χ0v) is 8.21. The van der Waals surface area contributed by atoms with Crippen molar-refractivity contribution >= 4 is 27.1 Å². The Morgan fingerprint density at radius 1 is 1.21 bits per heavy atom. The van der Waals surface area contributed by atoms with Gasteiger partial charge in [-0.1, -0.05) is 18.2 Å². The number of aromatic nitrogens is 1. The molecule has 1 aliphatic rings. The van der Waals surface area contributed by atoms with E-state index in [-0.39, 0.29) is 0 Å². The molecule has 0 radical (unpaired) electrons. The van der Waals surface area contributed by atoms with Crippen molar-refractivity contribution in [2.45, 2.75) is 0 Å². The van der Waals surface area contributed by atoms with Gasteiger partial charge >= 0.3 is 0 Å². The summed E-state index contributed by atoms with van der Waals surface area (Å²) in [6.45, 7) is 0. The Balaban J connectivity index is 2.24. The van der Waals surface area contributed by atoms with Crippen molar-refractivity contribution in [3.63, 3.8) is 0 Å². The van der Waals surface area contributed by atoms with E-state index in [1.807, 2.05) is 36.4 Å². The van der Waals surface area contributed by atoms with Crippen LogP contribution in [-0.4, -0.2) is 4.98 Å². The van der Waals surface area contributed by atoms with Crippen LogP contribution in [0, 0.1) is 0 Å². The molecule has 0 fully saturated rings. The minimum atomic E-state index is 1.05. The third-order valence-corrected chi connectivity index (χ3v) is 3.19. The predicted molar refractivity (Wildman–Crippen MR) is 60.3 cm³/mol. The van der Waals surface area contributed by atoms with E-state index in [0.717, 1.165) is 16.1 Å². The van der Waals surface area contributed by atoms with Crippen LogP contribution in [0.2, 0.25) is 0 Å². The normalized spacial score (nSPS) is 13.9. The summed E-state index contributed by atoms with van der Waals surface area (Å²) in [5.41, 5.74) is 5.32. The Morgan fingerprint density at radius 3 is 2.93 bits per heavy atom. The lowest BCUT2D eigenvalue weighted by Gasteiger charge is -1.86. The van der Waals surface area contributed by atoms with Crippen LogP contribution in [-0.2, 0) is 0 Å². The molecular formula is C12H7NS. The molecule has 2 heteroatoms. The molecule has 0 spiro atoms. The molecule has 0 atom stereocenters. The zero-order valence-electron chi connectivity index (χ0n) is 7.40. The summed E-state index contributed by atoms with van der Waals surface area (Å²) in [5.74, 6) is 0. The maximum atomic E-state index is 4.54. The molecular weight excluding hydrogens is 190 g/mol. The number of nitrogens with zero attached hydrogens (tertiary/aromatic N) is 1. The molecule has 0 aliphatic heterocycles. The molecule has 0 saturated heterocycles. The Hall–Kier alpha value is -1.63. The van der Waals surface area contributed by atoms with E-state index < -0.39 is 0 Å². The van der Waals surface area contributed by atoms with Gasteiger partial charge < -0.3 is 0 Å². The van der Waals surface area contributed by atoms with Gasteiger partial charge in [-0.2, -0.15) is 0 Å². The Bertz CT molecular complexity index is 550. The van der Waals surface area contributed by atoms with Gasteiger partial charge in [0.15, 0.2) is 0 Å². The summed E-state index contributed by atoms with van der Waals surface area (Å²) in [7, 11) is 0. The van der Waals surface area contributed by atoms with E-state index in [9.17, 15) is 0 Å². The molecule has 1 aliphatic carbocycles. The van der Waals surface area contributed by atoms with Crippen LogP contribution in [0.3, 0.4) is 0 Å². The van der Waals surface area contributed by atoms with Gasteiger partial charge in [0.25, 0.3) is 0 Å². The van der Waals surface area contributed by atoms with Crippen LogP contribution >= 0.6 is 11.3 Å². The molecule has 0 unspecified atom stereocenters. The first-order valence-corrected chi connectivity index (χ1v) is 5.24. The van der Waals surface area contributed by atoms with Crippen molar-refractivity contribution in [3.8, 4) is 0 Å². The first-order valence-electron chi connectivity index (χ1n) is 4.43. The fourth-order valence-electron chi connectivity index (χ4n) is 1.45. The summed E-state index contributed by atoms with van der Waals surface area (Å²) < 4.78 is 1.23. The minimum Gasteiger partial charge on any atom is -0.235 e. The highest BCUT2D eigenvalue weighted by molar-refractivity contribution is 7.19. The van der Waals surface area contributed by atoms with Gasteiger partial charge in [0.1, 0.15) is 5.01 Å². The van der Waals surface area contributed by atoms with Crippen molar-refractivity contribution in [2.24, 2.45) is 0 Å². The Morgan fingerprint density at radius 2 is 2.14 bits per heavy atom. The van der Waals surface area contributed by atoms with Gasteiger partial charge in [-0.25, -0.2) is 4.98 Å². The molecule has 66 valence electrons. The third-order valence-electron chi connectivity index (χ3n) is 2.12. The van der Waals surface area contributed by atoms with E-state index in [0.29, 0.717) is 0 Å². The van der Waals surface area contributed by atoms with Gasteiger partial charge in [0.2, 0.25) is 0 Å². The average molecular weight is 197 g/mol. The molecule has 0 amide bonds. The van der Waals surface area contributed by atoms with Crippen molar-refractivity contribution in [2.75, 3.05) is 0 Å². The summed E-state index contributed by atoms with van der Waals surface area (Å²) >= 11 is 1.71. The third kappa shape index (κ3) is 1.13. The summed E-state index contributed by atoms with van der Waals surface area (Å²) in [5, 5.41) is 1.05. The molecule has 2 aromatic rings. The second kappa shape index (κ2) is 2.95. The highest BCUT2D eigenvalue weighted by Crippen LogP contribution is 2.27. The molecule has 3 rings (SSSR count). The number of rotatable bonds is 1. The molecule has 0 N–H and O–H groups in total. The molecule has 1 nitrogen and oxygen atoms in total. The van der Waals surface area contributed by atoms with Crippen molar-refractivity contribution in [3.05, 3.63) is 53.2 Å². The van der Waals surface area contributed by atoms with Crippen molar-refractivity contribution in [1.82, 2.24) is 4.98 Å². The number of benzene rings is 1. The quantitative estimate of drug-likeness (QED) is 0.638. The maximum absolute atomic E-state index is 4.54. The highest BCUT2D eigenvalue weighted by atomic mass is 32.1. The Labute approximate surface area is 85.7 Å². The fraction of sp³-hybridized carbons (Fsp3) is 0. The SMILES string of the molecule is C1=CC=CC=1c1nc2ccccc2s1. The molecule has 14 heavy (non-hydrogen) atoms. The lowest BCUT2D eigenvalue weighted by Crippen LogP contribution is -1.73. The number of hydrogen-bond acceptors (Lipinski definition) is 2. The van der Waals surface area contributed by atoms with Crippen LogP contribution in [0.5, 0.6) is 0 Å². The van der Waals surface area contributed by atoms with Gasteiger partial charge in [-0.05, 0) is 24.3 Å². The average Bonchev–Trinajstić information content (AvgIpc) is 2.86. The molecule has 1 aromatic carbocycles. The lowest BCUT2D eigenvalue weighted by molar-refractivity contribution is 1.45. The van der Waals surface area contributed by atoms with E-state index in [4.69, 9.17) is 0 Å². The Kier molecular flexibility index (Phi) is 1.63. The maximum Gasteiger partial charge on any atom is 0.132 e.